The Hall–Kier alpha value is -2.09. The van der Waals surface area contributed by atoms with Crippen molar-refractivity contribution < 1.29 is 9.53 Å². The zero-order chi connectivity index (χ0) is 19.9. The predicted molar refractivity (Wildman–Crippen MR) is 118 cm³/mol. The summed E-state index contributed by atoms with van der Waals surface area (Å²) in [6.45, 7) is 3.07. The molecule has 0 saturated heterocycles. The molecule has 2 aromatic carbocycles. The Morgan fingerprint density at radius 3 is 2.50 bits per heavy atom. The van der Waals surface area contributed by atoms with Crippen LogP contribution in [-0.2, 0) is 9.53 Å². The number of thioether (sulfide) groups is 1. The van der Waals surface area contributed by atoms with Crippen molar-refractivity contribution >= 4 is 33.6 Å². The van der Waals surface area contributed by atoms with Gasteiger partial charge < -0.3 is 15.0 Å². The van der Waals surface area contributed by atoms with E-state index >= 15 is 0 Å². The van der Waals surface area contributed by atoms with E-state index in [1.807, 2.05) is 24.3 Å². The second kappa shape index (κ2) is 9.91. The highest BCUT2D eigenvalue weighted by atomic mass is 79.9. The van der Waals surface area contributed by atoms with Crippen LogP contribution >= 0.6 is 27.7 Å². The first-order valence-electron chi connectivity index (χ1n) is 8.88. The summed E-state index contributed by atoms with van der Waals surface area (Å²) in [6, 6.07) is 16.3. The number of carbonyl (C=O) groups is 1. The molecular weight excluding hydrogens is 438 g/mol. The molecule has 28 heavy (non-hydrogen) atoms. The first-order valence-corrected chi connectivity index (χ1v) is 10.7. The Labute approximate surface area is 177 Å². The number of ether oxygens (including phenoxy) is 1. The second-order valence-electron chi connectivity index (χ2n) is 6.27. The molecule has 5 nitrogen and oxygen atoms in total. The minimum absolute atomic E-state index is 0.0369. The number of hydrogen-bond acceptors (Lipinski definition) is 4. The van der Waals surface area contributed by atoms with Gasteiger partial charge in [0.2, 0.25) is 5.91 Å². The lowest BCUT2D eigenvalue weighted by Gasteiger charge is -2.05. The number of nitrogens with one attached hydrogen (secondary N) is 2. The van der Waals surface area contributed by atoms with Crippen LogP contribution in [0.2, 0.25) is 0 Å². The molecule has 2 N–H and O–H groups in total. The van der Waals surface area contributed by atoms with Crippen molar-refractivity contribution in [2.45, 2.75) is 11.9 Å². The summed E-state index contributed by atoms with van der Waals surface area (Å²) in [4.78, 5) is 20.3. The van der Waals surface area contributed by atoms with E-state index in [1.54, 1.807) is 7.11 Å². The molecule has 0 fully saturated rings. The molecule has 0 radical (unpaired) electrons. The minimum atomic E-state index is -0.0369. The van der Waals surface area contributed by atoms with Crippen LogP contribution in [0.1, 0.15) is 5.56 Å². The number of amides is 1. The Kier molecular flexibility index (Phi) is 7.30. The van der Waals surface area contributed by atoms with Gasteiger partial charge in [-0.3, -0.25) is 4.79 Å². The molecule has 0 aliphatic heterocycles. The quantitative estimate of drug-likeness (QED) is 0.379. The molecule has 1 aromatic heterocycles. The molecule has 7 heteroatoms. The van der Waals surface area contributed by atoms with Gasteiger partial charge in [0.15, 0.2) is 0 Å². The van der Waals surface area contributed by atoms with Crippen molar-refractivity contribution in [1.82, 2.24) is 15.3 Å². The van der Waals surface area contributed by atoms with Crippen LogP contribution < -0.4 is 5.32 Å². The third-order valence-corrected chi connectivity index (χ3v) is 5.60. The molecule has 146 valence electrons. The molecule has 0 bridgehead atoms. The summed E-state index contributed by atoms with van der Waals surface area (Å²) >= 11 is 4.89. The van der Waals surface area contributed by atoms with Gasteiger partial charge in [-0.15, -0.1) is 0 Å². The fourth-order valence-corrected chi connectivity index (χ4v) is 3.70. The molecule has 0 aliphatic carbocycles. The van der Waals surface area contributed by atoms with E-state index in [-0.39, 0.29) is 5.91 Å². The van der Waals surface area contributed by atoms with Crippen LogP contribution in [0.15, 0.2) is 58.0 Å². The van der Waals surface area contributed by atoms with Crippen LogP contribution in [0.4, 0.5) is 0 Å². The lowest BCUT2D eigenvalue weighted by atomic mass is 10.1. The van der Waals surface area contributed by atoms with Gasteiger partial charge in [-0.25, -0.2) is 4.98 Å². The summed E-state index contributed by atoms with van der Waals surface area (Å²) in [5.74, 6) is 1.04. The number of benzene rings is 2. The highest BCUT2D eigenvalue weighted by molar-refractivity contribution is 9.10. The van der Waals surface area contributed by atoms with E-state index in [4.69, 9.17) is 9.72 Å². The van der Waals surface area contributed by atoms with Crippen molar-refractivity contribution in [3.8, 4) is 22.6 Å². The zero-order valence-corrected chi connectivity index (χ0v) is 18.2. The number of carbonyl (C=O) groups excluding carboxylic acids is 1. The molecule has 0 spiro atoms. The van der Waals surface area contributed by atoms with Gasteiger partial charge in [-0.2, -0.15) is 0 Å². The van der Waals surface area contributed by atoms with E-state index in [9.17, 15) is 4.79 Å². The number of H-pyrrole nitrogens is 1. The maximum Gasteiger partial charge on any atom is 0.230 e. The Morgan fingerprint density at radius 2 is 1.82 bits per heavy atom. The first-order chi connectivity index (χ1) is 13.6. The molecule has 3 rings (SSSR count). The monoisotopic (exact) mass is 459 g/mol. The highest BCUT2D eigenvalue weighted by Gasteiger charge is 2.15. The lowest BCUT2D eigenvalue weighted by molar-refractivity contribution is -0.118. The molecule has 1 heterocycles. The molecule has 1 amide bonds. The van der Waals surface area contributed by atoms with Crippen LogP contribution in [0, 0.1) is 6.92 Å². The van der Waals surface area contributed by atoms with E-state index in [2.05, 4.69) is 57.4 Å². The third-order valence-electron chi connectivity index (χ3n) is 4.10. The Bertz CT molecular complexity index is 924. The van der Waals surface area contributed by atoms with Gasteiger partial charge in [0.1, 0.15) is 10.9 Å². The molecule has 0 saturated carbocycles. The summed E-state index contributed by atoms with van der Waals surface area (Å²) < 4.78 is 5.98. The average molecular weight is 460 g/mol. The average Bonchev–Trinajstić information content (AvgIpc) is 3.12. The number of imidazole rings is 1. The van der Waals surface area contributed by atoms with Gasteiger partial charge in [-0.05, 0) is 19.1 Å². The van der Waals surface area contributed by atoms with E-state index in [1.165, 1.54) is 17.3 Å². The number of nitrogens with zero attached hydrogens (tertiary/aromatic N) is 1. The van der Waals surface area contributed by atoms with Crippen molar-refractivity contribution in [3.05, 3.63) is 58.6 Å². The summed E-state index contributed by atoms with van der Waals surface area (Å²) in [7, 11) is 1.61. The lowest BCUT2D eigenvalue weighted by Crippen LogP contribution is -2.28. The van der Waals surface area contributed by atoms with Crippen molar-refractivity contribution in [1.29, 1.82) is 0 Å². The van der Waals surface area contributed by atoms with Gasteiger partial charge in [0.25, 0.3) is 0 Å². The normalized spacial score (nSPS) is 10.8. The fraction of sp³-hybridized carbons (Fsp3) is 0.238. The number of aryl methyl sites for hydroxylation is 1. The van der Waals surface area contributed by atoms with Gasteiger partial charge in [0.05, 0.1) is 18.1 Å². The van der Waals surface area contributed by atoms with Gasteiger partial charge in [0, 0.05) is 29.3 Å². The van der Waals surface area contributed by atoms with Crippen LogP contribution in [0.25, 0.3) is 22.6 Å². The largest absolute Gasteiger partial charge is 0.383 e. The topological polar surface area (TPSA) is 67.0 Å². The minimum Gasteiger partial charge on any atom is -0.383 e. The molecule has 0 atom stereocenters. The second-order valence-corrected chi connectivity index (χ2v) is 8.15. The number of halogens is 1. The summed E-state index contributed by atoms with van der Waals surface area (Å²) in [6.07, 6.45) is 0. The standard InChI is InChI=1S/C21H22BrN3O2S/c1-14-3-5-15(6-4-14)19-21(28-13-18(26)23-11-12-27-2)25-20(24-19)16-7-9-17(22)10-8-16/h3-10H,11-13H2,1-2H3,(H,23,26)(H,24,25). The first kappa shape index (κ1) is 20.6. The zero-order valence-electron chi connectivity index (χ0n) is 15.8. The number of aromatic amines is 1. The van der Waals surface area contributed by atoms with Crippen LogP contribution in [0.3, 0.4) is 0 Å². The van der Waals surface area contributed by atoms with E-state index in [0.29, 0.717) is 18.9 Å². The highest BCUT2D eigenvalue weighted by Crippen LogP contribution is 2.33. The maximum absolute atomic E-state index is 12.1. The molecule has 3 aromatic rings. The molecular formula is C21H22BrN3O2S. The molecule has 0 aliphatic rings. The summed E-state index contributed by atoms with van der Waals surface area (Å²) in [5, 5.41) is 3.65. The number of hydrogen-bond donors (Lipinski definition) is 2. The maximum atomic E-state index is 12.1. The van der Waals surface area contributed by atoms with Gasteiger partial charge >= 0.3 is 0 Å². The van der Waals surface area contributed by atoms with Crippen molar-refractivity contribution in [2.75, 3.05) is 26.0 Å². The van der Waals surface area contributed by atoms with E-state index in [0.717, 1.165) is 32.1 Å². The van der Waals surface area contributed by atoms with Crippen molar-refractivity contribution in [2.24, 2.45) is 0 Å². The number of methoxy groups -OCH3 is 1. The van der Waals surface area contributed by atoms with E-state index < -0.39 is 0 Å². The number of rotatable bonds is 8. The number of aromatic nitrogens is 2. The Morgan fingerprint density at radius 1 is 1.14 bits per heavy atom. The van der Waals surface area contributed by atoms with Crippen LogP contribution in [0.5, 0.6) is 0 Å². The third kappa shape index (κ3) is 5.47. The predicted octanol–water partition coefficient (Wildman–Crippen LogP) is 4.67. The Balaban J connectivity index is 1.84. The SMILES string of the molecule is COCCNC(=O)CSc1nc(-c2ccc(Br)cc2)[nH]c1-c1ccc(C)cc1. The smallest absolute Gasteiger partial charge is 0.230 e. The van der Waals surface area contributed by atoms with Gasteiger partial charge in [-0.1, -0.05) is 69.7 Å². The van der Waals surface area contributed by atoms with Crippen molar-refractivity contribution in [3.63, 3.8) is 0 Å². The fourth-order valence-electron chi connectivity index (χ4n) is 2.60. The summed E-state index contributed by atoms with van der Waals surface area (Å²) in [5.41, 5.74) is 4.16. The van der Waals surface area contributed by atoms with Crippen LogP contribution in [-0.4, -0.2) is 41.9 Å². The molecule has 0 unspecified atom stereocenters.